The first-order valence-electron chi connectivity index (χ1n) is 5.88. The van der Waals surface area contributed by atoms with Gasteiger partial charge in [0.15, 0.2) is 0 Å². The van der Waals surface area contributed by atoms with E-state index in [2.05, 4.69) is 39.8 Å². The molecule has 0 fully saturated rings. The lowest BCUT2D eigenvalue weighted by Gasteiger charge is -2.22. The van der Waals surface area contributed by atoms with Crippen LogP contribution in [0.4, 0.5) is 0 Å². The molecule has 0 aromatic heterocycles. The topological polar surface area (TPSA) is 35.2 Å². The highest BCUT2D eigenvalue weighted by Crippen LogP contribution is 2.44. The van der Waals surface area contributed by atoms with Gasteiger partial charge in [0.05, 0.1) is 6.04 Å². The molecule has 0 amide bonds. The third-order valence-corrected chi connectivity index (χ3v) is 3.36. The van der Waals surface area contributed by atoms with Crippen molar-refractivity contribution < 1.29 is 4.74 Å². The molecule has 0 radical (unpaired) electrons. The van der Waals surface area contributed by atoms with Crippen molar-refractivity contribution >= 4 is 0 Å². The SMILES string of the molecule is Cc1ccc(C(C)(C)C)c2c1C(N)C(C)O2. The van der Waals surface area contributed by atoms with Crippen LogP contribution in [-0.4, -0.2) is 6.10 Å². The van der Waals surface area contributed by atoms with Gasteiger partial charge < -0.3 is 10.5 Å². The second-order valence-corrected chi connectivity index (χ2v) is 5.77. The third-order valence-electron chi connectivity index (χ3n) is 3.36. The van der Waals surface area contributed by atoms with Gasteiger partial charge in [0.25, 0.3) is 0 Å². The minimum atomic E-state index is 0.0114. The molecule has 1 aromatic rings. The fourth-order valence-electron chi connectivity index (χ4n) is 2.32. The maximum absolute atomic E-state index is 6.18. The molecule has 1 aliphatic heterocycles. The monoisotopic (exact) mass is 219 g/mol. The molecule has 0 saturated heterocycles. The van der Waals surface area contributed by atoms with Crippen molar-refractivity contribution in [1.82, 2.24) is 0 Å². The van der Waals surface area contributed by atoms with Crippen molar-refractivity contribution in [2.75, 3.05) is 0 Å². The Bertz CT molecular complexity index is 417. The number of rotatable bonds is 0. The molecule has 2 atom stereocenters. The number of benzene rings is 1. The second kappa shape index (κ2) is 3.49. The molecule has 16 heavy (non-hydrogen) atoms. The van der Waals surface area contributed by atoms with Gasteiger partial charge in [0.1, 0.15) is 11.9 Å². The third kappa shape index (κ3) is 1.61. The van der Waals surface area contributed by atoms with E-state index in [1.807, 2.05) is 6.92 Å². The predicted molar refractivity (Wildman–Crippen MR) is 66.9 cm³/mol. The molecular weight excluding hydrogens is 198 g/mol. The summed E-state index contributed by atoms with van der Waals surface area (Å²) in [6.07, 6.45) is 0.0807. The minimum absolute atomic E-state index is 0.0114. The van der Waals surface area contributed by atoms with E-state index in [0.717, 1.165) is 5.75 Å². The fourth-order valence-corrected chi connectivity index (χ4v) is 2.32. The quantitative estimate of drug-likeness (QED) is 0.727. The summed E-state index contributed by atoms with van der Waals surface area (Å²) >= 11 is 0. The number of hydrogen-bond donors (Lipinski definition) is 1. The molecular formula is C14H21NO. The fraction of sp³-hybridized carbons (Fsp3) is 0.571. The van der Waals surface area contributed by atoms with Crippen molar-refractivity contribution in [3.63, 3.8) is 0 Å². The summed E-state index contributed by atoms with van der Waals surface area (Å²) < 4.78 is 5.93. The molecule has 2 N–H and O–H groups in total. The molecule has 1 aromatic carbocycles. The summed E-state index contributed by atoms with van der Waals surface area (Å²) in [4.78, 5) is 0. The molecule has 2 unspecified atom stereocenters. The van der Waals surface area contributed by atoms with E-state index in [9.17, 15) is 0 Å². The van der Waals surface area contributed by atoms with Crippen LogP contribution in [0.5, 0.6) is 5.75 Å². The Morgan fingerprint density at radius 1 is 1.25 bits per heavy atom. The van der Waals surface area contributed by atoms with Crippen LogP contribution in [-0.2, 0) is 5.41 Å². The maximum Gasteiger partial charge on any atom is 0.128 e. The van der Waals surface area contributed by atoms with E-state index >= 15 is 0 Å². The Labute approximate surface area is 97.8 Å². The largest absolute Gasteiger partial charge is 0.488 e. The van der Waals surface area contributed by atoms with E-state index < -0.39 is 0 Å². The first-order chi connectivity index (χ1) is 7.32. The van der Waals surface area contributed by atoms with E-state index in [1.165, 1.54) is 16.7 Å². The molecule has 1 aliphatic rings. The van der Waals surface area contributed by atoms with Gasteiger partial charge in [0.2, 0.25) is 0 Å². The number of fused-ring (bicyclic) bond motifs is 1. The zero-order valence-electron chi connectivity index (χ0n) is 10.8. The van der Waals surface area contributed by atoms with Crippen LogP contribution in [0.25, 0.3) is 0 Å². The summed E-state index contributed by atoms with van der Waals surface area (Å²) in [6.45, 7) is 10.8. The molecule has 2 rings (SSSR count). The van der Waals surface area contributed by atoms with Gasteiger partial charge in [-0.3, -0.25) is 0 Å². The van der Waals surface area contributed by atoms with Crippen LogP contribution in [0.2, 0.25) is 0 Å². The van der Waals surface area contributed by atoms with Crippen molar-refractivity contribution in [3.8, 4) is 5.75 Å². The molecule has 0 bridgehead atoms. The van der Waals surface area contributed by atoms with Gasteiger partial charge in [0, 0.05) is 5.56 Å². The van der Waals surface area contributed by atoms with E-state index in [0.29, 0.717) is 0 Å². The molecule has 0 spiro atoms. The Morgan fingerprint density at radius 2 is 1.88 bits per heavy atom. The Hall–Kier alpha value is -1.02. The second-order valence-electron chi connectivity index (χ2n) is 5.77. The Balaban J connectivity index is 2.63. The standard InChI is InChI=1S/C14H21NO/c1-8-6-7-10(14(3,4)5)13-11(8)12(15)9(2)16-13/h6-7,9,12H,15H2,1-5H3. The Kier molecular flexibility index (Phi) is 2.50. The van der Waals surface area contributed by atoms with Crippen LogP contribution in [0, 0.1) is 6.92 Å². The summed E-state index contributed by atoms with van der Waals surface area (Å²) in [5, 5.41) is 0. The first kappa shape index (κ1) is 11.5. The summed E-state index contributed by atoms with van der Waals surface area (Å²) in [5.74, 6) is 1.02. The van der Waals surface area contributed by atoms with Gasteiger partial charge in [-0.25, -0.2) is 0 Å². The number of hydrogen-bond acceptors (Lipinski definition) is 2. The first-order valence-corrected chi connectivity index (χ1v) is 5.88. The smallest absolute Gasteiger partial charge is 0.128 e. The van der Waals surface area contributed by atoms with Crippen LogP contribution in [0.1, 0.15) is 50.4 Å². The molecule has 88 valence electrons. The lowest BCUT2D eigenvalue weighted by Crippen LogP contribution is -2.21. The van der Waals surface area contributed by atoms with E-state index in [-0.39, 0.29) is 17.6 Å². The maximum atomic E-state index is 6.18. The normalized spacial score (nSPS) is 24.1. The van der Waals surface area contributed by atoms with E-state index in [4.69, 9.17) is 10.5 Å². The number of nitrogens with two attached hydrogens (primary N) is 1. The van der Waals surface area contributed by atoms with Crippen LogP contribution in [0.15, 0.2) is 12.1 Å². The molecule has 2 heteroatoms. The molecule has 0 saturated carbocycles. The molecule has 2 nitrogen and oxygen atoms in total. The number of ether oxygens (including phenoxy) is 1. The lowest BCUT2D eigenvalue weighted by molar-refractivity contribution is 0.224. The summed E-state index contributed by atoms with van der Waals surface area (Å²) in [7, 11) is 0. The van der Waals surface area contributed by atoms with Gasteiger partial charge in [-0.1, -0.05) is 32.9 Å². The predicted octanol–water partition coefficient (Wildman–Crippen LogP) is 3.07. The van der Waals surface area contributed by atoms with Gasteiger partial charge in [-0.05, 0) is 30.4 Å². The average Bonchev–Trinajstić information content (AvgIpc) is 2.42. The van der Waals surface area contributed by atoms with Gasteiger partial charge >= 0.3 is 0 Å². The van der Waals surface area contributed by atoms with Crippen molar-refractivity contribution in [1.29, 1.82) is 0 Å². The Morgan fingerprint density at radius 3 is 2.44 bits per heavy atom. The zero-order valence-corrected chi connectivity index (χ0v) is 10.8. The highest BCUT2D eigenvalue weighted by atomic mass is 16.5. The molecule has 0 aliphatic carbocycles. The highest BCUT2D eigenvalue weighted by molar-refractivity contribution is 5.53. The van der Waals surface area contributed by atoms with Gasteiger partial charge in [-0.2, -0.15) is 0 Å². The van der Waals surface area contributed by atoms with Crippen LogP contribution < -0.4 is 10.5 Å². The average molecular weight is 219 g/mol. The van der Waals surface area contributed by atoms with Crippen LogP contribution in [0.3, 0.4) is 0 Å². The van der Waals surface area contributed by atoms with E-state index in [1.54, 1.807) is 0 Å². The van der Waals surface area contributed by atoms with Crippen LogP contribution >= 0.6 is 0 Å². The lowest BCUT2D eigenvalue weighted by atomic mass is 9.83. The van der Waals surface area contributed by atoms with Crippen molar-refractivity contribution in [3.05, 3.63) is 28.8 Å². The summed E-state index contributed by atoms with van der Waals surface area (Å²) in [6, 6.07) is 4.33. The van der Waals surface area contributed by atoms with Gasteiger partial charge in [-0.15, -0.1) is 0 Å². The number of aryl methyl sites for hydroxylation is 1. The molecule has 1 heterocycles. The minimum Gasteiger partial charge on any atom is -0.488 e. The summed E-state index contributed by atoms with van der Waals surface area (Å²) in [5.41, 5.74) is 9.96. The zero-order chi connectivity index (χ0) is 12.1. The van der Waals surface area contributed by atoms with Crippen molar-refractivity contribution in [2.24, 2.45) is 5.73 Å². The highest BCUT2D eigenvalue weighted by Gasteiger charge is 2.34. The van der Waals surface area contributed by atoms with Crippen molar-refractivity contribution in [2.45, 2.75) is 52.2 Å².